The highest BCUT2D eigenvalue weighted by molar-refractivity contribution is 7.93. The summed E-state index contributed by atoms with van der Waals surface area (Å²) < 4.78 is 72.3. The Morgan fingerprint density at radius 3 is 2.50 bits per heavy atom. The van der Waals surface area contributed by atoms with Gasteiger partial charge in [0, 0.05) is 37.3 Å². The number of aliphatic hydroxyl groups is 1. The number of carbonyl (C=O) groups is 1. The van der Waals surface area contributed by atoms with Gasteiger partial charge in [0.1, 0.15) is 24.0 Å². The fourth-order valence-electron chi connectivity index (χ4n) is 4.87. The lowest BCUT2D eigenvalue weighted by Gasteiger charge is -2.26. The van der Waals surface area contributed by atoms with Crippen molar-refractivity contribution in [2.45, 2.75) is 57.3 Å². The van der Waals surface area contributed by atoms with E-state index in [9.17, 15) is 31.5 Å². The van der Waals surface area contributed by atoms with Crippen molar-refractivity contribution in [1.82, 2.24) is 15.6 Å². The van der Waals surface area contributed by atoms with E-state index in [0.717, 1.165) is 22.9 Å². The van der Waals surface area contributed by atoms with Gasteiger partial charge in [0.15, 0.2) is 0 Å². The minimum Gasteiger partial charge on any atom is -0.491 e. The maximum atomic E-state index is 13.7. The Balaban J connectivity index is 1.54. The minimum atomic E-state index is -4.49. The zero-order valence-corrected chi connectivity index (χ0v) is 28.7. The maximum absolute atomic E-state index is 13.7. The number of halogens is 4. The molecule has 0 radical (unpaired) electrons. The Morgan fingerprint density at radius 1 is 1.15 bits per heavy atom. The molecule has 4 rings (SSSR count). The van der Waals surface area contributed by atoms with Crippen molar-refractivity contribution in [1.29, 1.82) is 0 Å². The van der Waals surface area contributed by atoms with Gasteiger partial charge < -0.3 is 25.8 Å². The van der Waals surface area contributed by atoms with Gasteiger partial charge in [0.2, 0.25) is 10.0 Å². The maximum Gasteiger partial charge on any atom is 0.416 e. The number of hydrogen-bond acceptors (Lipinski definition) is 8. The van der Waals surface area contributed by atoms with E-state index >= 15 is 0 Å². The Hall–Kier alpha value is -3.59. The fraction of sp³-hybridized carbons (Fsp3) is 0.455. The lowest BCUT2D eigenvalue weighted by Crippen LogP contribution is -2.50. The number of rotatable bonds is 16. The number of aliphatic hydroxyl groups excluding tert-OH is 1. The standard InChI is InChI=1S/C33H41ClF3N5O5S/c1-20(2)48(45,46)42(4)31-14-23(13-30(41-31)39-17-24-11-21(24)3)32(44)40-28(19-47-27-10-6-9-26(34)15-27)29(43)18-38-16-22-7-5-8-25(12-22)33(35,36)37/h5-10,12-15,20-21,24,28-29,38,43H,11,16-19H2,1-4H3,(H,39,41)(H,40,44)/t21-,24+,28-,29+/m0/s1. The van der Waals surface area contributed by atoms with Crippen molar-refractivity contribution < 1.29 is 36.2 Å². The molecule has 1 heterocycles. The smallest absolute Gasteiger partial charge is 0.416 e. The summed E-state index contributed by atoms with van der Waals surface area (Å²) in [4.78, 5) is 18.2. The summed E-state index contributed by atoms with van der Waals surface area (Å²) in [5.74, 6) is 1.11. The molecule has 0 saturated heterocycles. The Bertz CT molecular complexity index is 1680. The van der Waals surface area contributed by atoms with Crippen molar-refractivity contribution in [3.8, 4) is 5.75 Å². The van der Waals surface area contributed by atoms with E-state index in [1.807, 2.05) is 0 Å². The van der Waals surface area contributed by atoms with Gasteiger partial charge in [-0.2, -0.15) is 13.2 Å². The zero-order chi connectivity index (χ0) is 35.2. The summed E-state index contributed by atoms with van der Waals surface area (Å²) in [6.45, 7) is 5.54. The summed E-state index contributed by atoms with van der Waals surface area (Å²) in [5, 5.41) is 19.8. The van der Waals surface area contributed by atoms with Gasteiger partial charge in [0.05, 0.1) is 23.0 Å². The molecule has 0 spiro atoms. The van der Waals surface area contributed by atoms with Crippen molar-refractivity contribution >= 4 is 39.2 Å². The summed E-state index contributed by atoms with van der Waals surface area (Å²) in [6, 6.07) is 13.2. The van der Waals surface area contributed by atoms with Gasteiger partial charge in [-0.15, -0.1) is 0 Å². The number of nitrogens with zero attached hydrogens (tertiary/aromatic N) is 2. The Kier molecular flexibility index (Phi) is 12.2. The largest absolute Gasteiger partial charge is 0.491 e. The van der Waals surface area contributed by atoms with Crippen LogP contribution in [-0.2, 0) is 22.7 Å². The third-order valence-electron chi connectivity index (χ3n) is 8.14. The molecule has 1 fully saturated rings. The van der Waals surface area contributed by atoms with E-state index in [0.29, 0.717) is 40.5 Å². The lowest BCUT2D eigenvalue weighted by molar-refractivity contribution is -0.137. The second kappa shape index (κ2) is 15.7. The van der Waals surface area contributed by atoms with Crippen LogP contribution in [0.4, 0.5) is 24.8 Å². The van der Waals surface area contributed by atoms with Crippen LogP contribution in [-0.4, -0.2) is 68.6 Å². The molecule has 1 amide bonds. The SMILES string of the molecule is CC(C)S(=O)(=O)N(C)c1cc(C(=O)N[C@@H](COc2cccc(Cl)c2)[C@H](O)CNCc2cccc(C(F)(F)F)c2)cc(NC[C@H]2C[C@@H]2C)n1. The molecule has 1 saturated carbocycles. The number of pyridine rings is 1. The molecule has 15 heteroatoms. The highest BCUT2D eigenvalue weighted by atomic mass is 35.5. The first-order valence-corrected chi connectivity index (χ1v) is 17.4. The number of benzene rings is 2. The van der Waals surface area contributed by atoms with Crippen LogP contribution in [0, 0.1) is 11.8 Å². The predicted octanol–water partition coefficient (Wildman–Crippen LogP) is 5.32. The molecule has 1 aromatic heterocycles. The lowest BCUT2D eigenvalue weighted by atomic mass is 10.1. The third kappa shape index (κ3) is 10.2. The fourth-order valence-corrected chi connectivity index (χ4v) is 6.04. The first-order valence-electron chi connectivity index (χ1n) is 15.5. The third-order valence-corrected chi connectivity index (χ3v) is 10.5. The molecular formula is C33H41ClF3N5O5S. The van der Waals surface area contributed by atoms with Crippen LogP contribution in [0.5, 0.6) is 5.75 Å². The summed E-state index contributed by atoms with van der Waals surface area (Å²) in [6.07, 6.45) is -4.69. The number of nitrogens with one attached hydrogen (secondary N) is 3. The second-order valence-electron chi connectivity index (χ2n) is 12.3. The van der Waals surface area contributed by atoms with Gasteiger partial charge in [0.25, 0.3) is 5.91 Å². The number of hydrogen-bond donors (Lipinski definition) is 4. The molecule has 0 aliphatic heterocycles. The van der Waals surface area contributed by atoms with Crippen LogP contribution in [0.25, 0.3) is 0 Å². The van der Waals surface area contributed by atoms with Crippen LogP contribution in [0.1, 0.15) is 48.7 Å². The topological polar surface area (TPSA) is 133 Å². The quantitative estimate of drug-likeness (QED) is 0.157. The molecule has 10 nitrogen and oxygen atoms in total. The van der Waals surface area contributed by atoms with Gasteiger partial charge in [-0.25, -0.2) is 13.4 Å². The molecule has 262 valence electrons. The molecule has 0 unspecified atom stereocenters. The van der Waals surface area contributed by atoms with Crippen LogP contribution in [0.3, 0.4) is 0 Å². The minimum absolute atomic E-state index is 0.0236. The first-order chi connectivity index (χ1) is 22.5. The van der Waals surface area contributed by atoms with E-state index in [1.165, 1.54) is 31.3 Å². The van der Waals surface area contributed by atoms with Crippen molar-refractivity contribution in [2.24, 2.45) is 11.8 Å². The number of aromatic nitrogens is 1. The molecular weight excluding hydrogens is 671 g/mol. The van der Waals surface area contributed by atoms with E-state index in [-0.39, 0.29) is 31.1 Å². The molecule has 1 aliphatic rings. The number of amides is 1. The number of ether oxygens (including phenoxy) is 1. The van der Waals surface area contributed by atoms with Gasteiger partial charge in [-0.3, -0.25) is 9.10 Å². The molecule has 4 N–H and O–H groups in total. The molecule has 48 heavy (non-hydrogen) atoms. The van der Waals surface area contributed by atoms with Gasteiger partial charge in [-0.05, 0) is 74.1 Å². The molecule has 3 aromatic rings. The van der Waals surface area contributed by atoms with Crippen molar-refractivity contribution in [3.63, 3.8) is 0 Å². The van der Waals surface area contributed by atoms with Crippen LogP contribution >= 0.6 is 11.6 Å². The number of alkyl halides is 3. The normalized spacial score (nSPS) is 17.5. The molecule has 1 aliphatic carbocycles. The molecule has 2 aromatic carbocycles. The van der Waals surface area contributed by atoms with Crippen molar-refractivity contribution in [2.75, 3.05) is 36.4 Å². The highest BCUT2D eigenvalue weighted by Crippen LogP contribution is 2.37. The van der Waals surface area contributed by atoms with E-state index in [1.54, 1.807) is 38.1 Å². The van der Waals surface area contributed by atoms with E-state index < -0.39 is 45.1 Å². The predicted molar refractivity (Wildman–Crippen MR) is 180 cm³/mol. The Labute approximate surface area is 284 Å². The number of carbonyl (C=O) groups excluding carboxylic acids is 1. The van der Waals surface area contributed by atoms with Crippen LogP contribution in [0.15, 0.2) is 60.7 Å². The summed E-state index contributed by atoms with van der Waals surface area (Å²) in [5.41, 5.74) is -0.335. The summed E-state index contributed by atoms with van der Waals surface area (Å²) in [7, 11) is -2.40. The molecule has 0 bridgehead atoms. The van der Waals surface area contributed by atoms with Gasteiger partial charge in [-0.1, -0.05) is 42.8 Å². The summed E-state index contributed by atoms with van der Waals surface area (Å²) >= 11 is 6.08. The highest BCUT2D eigenvalue weighted by Gasteiger charge is 2.33. The van der Waals surface area contributed by atoms with Crippen LogP contribution < -0.4 is 25.0 Å². The van der Waals surface area contributed by atoms with Crippen molar-refractivity contribution in [3.05, 3.63) is 82.4 Å². The molecule has 4 atom stereocenters. The monoisotopic (exact) mass is 711 g/mol. The van der Waals surface area contributed by atoms with Crippen LogP contribution in [0.2, 0.25) is 5.02 Å². The first kappa shape index (κ1) is 37.2. The van der Waals surface area contributed by atoms with E-state index in [4.69, 9.17) is 16.3 Å². The zero-order valence-electron chi connectivity index (χ0n) is 27.1. The number of anilines is 2. The van der Waals surface area contributed by atoms with Gasteiger partial charge >= 0.3 is 6.18 Å². The second-order valence-corrected chi connectivity index (χ2v) is 15.2. The van der Waals surface area contributed by atoms with E-state index in [2.05, 4.69) is 27.9 Å². The average Bonchev–Trinajstić information content (AvgIpc) is 3.75. The Morgan fingerprint density at radius 2 is 1.85 bits per heavy atom. The number of sulfonamides is 1. The average molecular weight is 712 g/mol.